The fourth-order valence-corrected chi connectivity index (χ4v) is 2.16. The number of rotatable bonds is 7. The van der Waals surface area contributed by atoms with E-state index in [0.29, 0.717) is 6.42 Å². The first-order valence-electron chi connectivity index (χ1n) is 5.94. The maximum absolute atomic E-state index is 11.2. The zero-order chi connectivity index (χ0) is 16.2. The second-order valence-corrected chi connectivity index (χ2v) is 5.87. The van der Waals surface area contributed by atoms with Gasteiger partial charge >= 0.3 is 5.97 Å². The summed E-state index contributed by atoms with van der Waals surface area (Å²) in [5.41, 5.74) is -0.450. The summed E-state index contributed by atoms with van der Waals surface area (Å²) < 4.78 is 22.4. The summed E-state index contributed by atoms with van der Waals surface area (Å²) >= 11 is 0. The van der Waals surface area contributed by atoms with E-state index in [-0.39, 0.29) is 17.1 Å². The Balaban J connectivity index is 3.08. The first-order valence-corrected chi connectivity index (χ1v) is 7.49. The summed E-state index contributed by atoms with van der Waals surface area (Å²) in [6.45, 7) is 1.67. The first-order chi connectivity index (χ1) is 9.66. The van der Waals surface area contributed by atoms with Crippen LogP contribution in [-0.4, -0.2) is 31.0 Å². The highest BCUT2D eigenvalue weighted by Gasteiger charge is 2.21. The van der Waals surface area contributed by atoms with Gasteiger partial charge in [0.15, 0.2) is 0 Å². The Morgan fingerprint density at radius 3 is 2.57 bits per heavy atom. The molecule has 1 atom stereocenters. The van der Waals surface area contributed by atoms with Crippen LogP contribution in [-0.2, 0) is 14.8 Å². The molecule has 1 unspecified atom stereocenters. The van der Waals surface area contributed by atoms with Crippen LogP contribution in [0.25, 0.3) is 0 Å². The van der Waals surface area contributed by atoms with Gasteiger partial charge < -0.3 is 10.4 Å². The Hall–Kier alpha value is -2.20. The number of sulfonamides is 1. The van der Waals surface area contributed by atoms with Gasteiger partial charge in [-0.05, 0) is 18.6 Å². The normalized spacial score (nSPS) is 12.7. The number of aliphatic carboxylic acids is 1. The minimum atomic E-state index is -4.05. The van der Waals surface area contributed by atoms with Gasteiger partial charge in [-0.2, -0.15) is 0 Å². The van der Waals surface area contributed by atoms with E-state index in [4.69, 9.17) is 10.2 Å². The number of hydrogen-bond donors (Lipinski definition) is 3. The van der Waals surface area contributed by atoms with Gasteiger partial charge in [-0.3, -0.25) is 14.9 Å². The summed E-state index contributed by atoms with van der Waals surface area (Å²) in [5.74, 6) is -1.73. The average molecular weight is 317 g/mol. The fraction of sp³-hybridized carbons (Fsp3) is 0.364. The summed E-state index contributed by atoms with van der Waals surface area (Å²) in [5, 5.41) is 27.4. The Kier molecular flexibility index (Phi) is 5.22. The summed E-state index contributed by atoms with van der Waals surface area (Å²) in [7, 11) is -4.05. The largest absolute Gasteiger partial charge is 0.481 e. The maximum atomic E-state index is 11.2. The van der Waals surface area contributed by atoms with Gasteiger partial charge in [-0.15, -0.1) is 0 Å². The highest BCUT2D eigenvalue weighted by Crippen LogP contribution is 2.27. The zero-order valence-electron chi connectivity index (χ0n) is 11.1. The highest BCUT2D eigenvalue weighted by molar-refractivity contribution is 7.89. The second kappa shape index (κ2) is 6.50. The molecule has 116 valence electrons. The maximum Gasteiger partial charge on any atom is 0.308 e. The van der Waals surface area contributed by atoms with Crippen LogP contribution in [0.15, 0.2) is 23.1 Å². The lowest BCUT2D eigenvalue weighted by atomic mass is 10.1. The zero-order valence-corrected chi connectivity index (χ0v) is 12.0. The predicted molar refractivity (Wildman–Crippen MR) is 74.4 cm³/mol. The van der Waals surface area contributed by atoms with Crippen LogP contribution in [0.3, 0.4) is 0 Å². The number of nitrogens with zero attached hydrogens (tertiary/aromatic N) is 1. The van der Waals surface area contributed by atoms with Crippen molar-refractivity contribution in [3.63, 3.8) is 0 Å². The molecule has 0 aromatic heterocycles. The third-order valence-corrected chi connectivity index (χ3v) is 3.79. The number of nitro benzene ring substituents is 1. The number of carboxylic acid groups (broad SMARTS) is 1. The Morgan fingerprint density at radius 1 is 1.52 bits per heavy atom. The van der Waals surface area contributed by atoms with E-state index in [9.17, 15) is 23.3 Å². The van der Waals surface area contributed by atoms with Crippen LogP contribution < -0.4 is 10.5 Å². The number of hydrogen-bond acceptors (Lipinski definition) is 6. The Labute approximate surface area is 121 Å². The van der Waals surface area contributed by atoms with Crippen molar-refractivity contribution in [2.24, 2.45) is 11.1 Å². The van der Waals surface area contributed by atoms with E-state index in [1.165, 1.54) is 6.07 Å². The molecule has 1 aromatic carbocycles. The molecule has 0 fully saturated rings. The molecule has 21 heavy (non-hydrogen) atoms. The molecule has 0 saturated heterocycles. The molecule has 1 rings (SSSR count). The molecule has 1 aromatic rings. The van der Waals surface area contributed by atoms with Crippen LogP contribution in [0.4, 0.5) is 11.4 Å². The molecule has 0 radical (unpaired) electrons. The first kappa shape index (κ1) is 16.9. The standard InChI is InChI=1S/C11H15N3O6S/c1-2-7(11(15)16)6-13-9-4-3-8(21(12,19)20)5-10(9)14(17)18/h3-5,7,13H,2,6H2,1H3,(H,15,16)(H2,12,19,20). The van der Waals surface area contributed by atoms with Gasteiger partial charge in [0.1, 0.15) is 5.69 Å². The molecule has 0 aliphatic rings. The predicted octanol–water partition coefficient (Wildman–Crippen LogP) is 0.765. The number of benzene rings is 1. The van der Waals surface area contributed by atoms with Crippen molar-refractivity contribution in [3.8, 4) is 0 Å². The van der Waals surface area contributed by atoms with Gasteiger partial charge in [0.05, 0.1) is 15.7 Å². The third-order valence-electron chi connectivity index (χ3n) is 2.88. The van der Waals surface area contributed by atoms with Crippen LogP contribution in [0.2, 0.25) is 0 Å². The molecule has 4 N–H and O–H groups in total. The lowest BCUT2D eigenvalue weighted by molar-refractivity contribution is -0.384. The van der Waals surface area contributed by atoms with E-state index in [1.807, 2.05) is 0 Å². The van der Waals surface area contributed by atoms with E-state index in [0.717, 1.165) is 12.1 Å². The second-order valence-electron chi connectivity index (χ2n) is 4.31. The Bertz CT molecular complexity index is 658. The third kappa shape index (κ3) is 4.39. The molecule has 0 saturated carbocycles. The van der Waals surface area contributed by atoms with Crippen LogP contribution >= 0.6 is 0 Å². The van der Waals surface area contributed by atoms with E-state index >= 15 is 0 Å². The number of nitrogens with one attached hydrogen (secondary N) is 1. The van der Waals surface area contributed by atoms with Gasteiger partial charge in [-0.25, -0.2) is 13.6 Å². The molecule has 0 bridgehead atoms. The molecule has 0 heterocycles. The fourth-order valence-electron chi connectivity index (χ4n) is 1.63. The SMILES string of the molecule is CCC(CNc1ccc(S(N)(=O)=O)cc1[N+](=O)[O-])C(=O)O. The van der Waals surface area contributed by atoms with Crippen molar-refractivity contribution in [3.05, 3.63) is 28.3 Å². The molecule has 10 heteroatoms. The van der Waals surface area contributed by atoms with Crippen LogP contribution in [0.1, 0.15) is 13.3 Å². The molecule has 0 aliphatic carbocycles. The quantitative estimate of drug-likeness (QED) is 0.495. The number of nitro groups is 1. The van der Waals surface area contributed by atoms with Gasteiger partial charge in [0, 0.05) is 12.6 Å². The smallest absolute Gasteiger partial charge is 0.308 e. The number of nitrogens with two attached hydrogens (primary N) is 1. The summed E-state index contributed by atoms with van der Waals surface area (Å²) in [6, 6.07) is 3.14. The number of primary sulfonamides is 1. The van der Waals surface area contributed by atoms with Crippen LogP contribution in [0.5, 0.6) is 0 Å². The molecule has 0 spiro atoms. The van der Waals surface area contributed by atoms with Gasteiger partial charge in [0.25, 0.3) is 5.69 Å². The van der Waals surface area contributed by atoms with E-state index < -0.39 is 32.5 Å². The van der Waals surface area contributed by atoms with E-state index in [2.05, 4.69) is 5.32 Å². The van der Waals surface area contributed by atoms with E-state index in [1.54, 1.807) is 6.92 Å². The van der Waals surface area contributed by atoms with Crippen molar-refractivity contribution in [1.29, 1.82) is 0 Å². The molecule has 0 aliphatic heterocycles. The Morgan fingerprint density at radius 2 is 2.14 bits per heavy atom. The van der Waals surface area contributed by atoms with Crippen molar-refractivity contribution in [2.45, 2.75) is 18.2 Å². The topological polar surface area (TPSA) is 153 Å². The highest BCUT2D eigenvalue weighted by atomic mass is 32.2. The number of carbonyl (C=O) groups is 1. The van der Waals surface area contributed by atoms with Crippen molar-refractivity contribution in [2.75, 3.05) is 11.9 Å². The minimum Gasteiger partial charge on any atom is -0.481 e. The lowest BCUT2D eigenvalue weighted by Crippen LogP contribution is -2.22. The number of carboxylic acids is 1. The van der Waals surface area contributed by atoms with Crippen molar-refractivity contribution in [1.82, 2.24) is 0 Å². The lowest BCUT2D eigenvalue weighted by Gasteiger charge is -2.12. The minimum absolute atomic E-state index is 0.0125. The van der Waals surface area contributed by atoms with Crippen LogP contribution in [0, 0.1) is 16.0 Å². The molecular formula is C11H15N3O6S. The molecular weight excluding hydrogens is 302 g/mol. The number of anilines is 1. The monoisotopic (exact) mass is 317 g/mol. The molecule has 0 amide bonds. The summed E-state index contributed by atoms with van der Waals surface area (Å²) in [6.07, 6.45) is 0.353. The summed E-state index contributed by atoms with van der Waals surface area (Å²) in [4.78, 5) is 20.7. The molecule has 9 nitrogen and oxygen atoms in total. The van der Waals surface area contributed by atoms with Crippen molar-refractivity contribution < 1.29 is 23.2 Å². The van der Waals surface area contributed by atoms with Gasteiger partial charge in [0.2, 0.25) is 10.0 Å². The average Bonchev–Trinajstić information content (AvgIpc) is 2.37. The van der Waals surface area contributed by atoms with Gasteiger partial charge in [-0.1, -0.05) is 6.92 Å². The van der Waals surface area contributed by atoms with Crippen molar-refractivity contribution >= 4 is 27.4 Å².